The molecule has 0 atom stereocenters. The van der Waals surface area contributed by atoms with Gasteiger partial charge in [-0.3, -0.25) is 0 Å². The van der Waals surface area contributed by atoms with Crippen molar-refractivity contribution in [2.24, 2.45) is 5.41 Å². The molecule has 0 amide bonds. The lowest BCUT2D eigenvalue weighted by molar-refractivity contribution is 0.0113. The summed E-state index contributed by atoms with van der Waals surface area (Å²) in [4.78, 5) is 4.49. The standard InChI is InChI=1S/C27H40ClN3O.C2H6/c1-4-13-27(14-16-32-17-15-27)20-30-22(3)10-8-9-21(2)24-18-26(29-19-25(24)28)31-23-11-6-5-7-12-23;1-2/h8-10,18-19,23,30H,3-7,11-17,20H2,1-2H3,(H,29,31);1-2H3/b10-8-,21-9+;. The van der Waals surface area contributed by atoms with Crippen LogP contribution in [0.25, 0.3) is 5.57 Å². The van der Waals surface area contributed by atoms with E-state index in [2.05, 4.69) is 48.2 Å². The van der Waals surface area contributed by atoms with Gasteiger partial charge < -0.3 is 15.4 Å². The van der Waals surface area contributed by atoms with Gasteiger partial charge in [0.25, 0.3) is 0 Å². The third-order valence-electron chi connectivity index (χ3n) is 6.91. The minimum atomic E-state index is 0.335. The summed E-state index contributed by atoms with van der Waals surface area (Å²) in [7, 11) is 0. The topological polar surface area (TPSA) is 46.2 Å². The Kier molecular flexibility index (Phi) is 12.8. The molecule has 0 radical (unpaired) electrons. The Morgan fingerprint density at radius 1 is 1.24 bits per heavy atom. The van der Waals surface area contributed by atoms with Crippen molar-refractivity contribution in [2.45, 2.75) is 91.5 Å². The number of rotatable bonds is 10. The van der Waals surface area contributed by atoms with E-state index in [1.807, 2.05) is 26.0 Å². The van der Waals surface area contributed by atoms with Crippen LogP contribution in [0.3, 0.4) is 0 Å². The number of hydrogen-bond acceptors (Lipinski definition) is 4. The van der Waals surface area contributed by atoms with Crippen molar-refractivity contribution in [3.63, 3.8) is 0 Å². The Morgan fingerprint density at radius 3 is 2.62 bits per heavy atom. The first kappa shape index (κ1) is 28.5. The second kappa shape index (κ2) is 15.3. The molecule has 190 valence electrons. The average Bonchev–Trinajstić information content (AvgIpc) is 2.86. The van der Waals surface area contributed by atoms with Crippen LogP contribution in [-0.2, 0) is 4.74 Å². The average molecular weight is 488 g/mol. The molecule has 34 heavy (non-hydrogen) atoms. The molecule has 0 aromatic carbocycles. The Morgan fingerprint density at radius 2 is 1.94 bits per heavy atom. The normalized spacial score (nSPS) is 18.8. The third-order valence-corrected chi connectivity index (χ3v) is 7.21. The molecule has 2 fully saturated rings. The highest BCUT2D eigenvalue weighted by molar-refractivity contribution is 6.32. The maximum Gasteiger partial charge on any atom is 0.126 e. The lowest BCUT2D eigenvalue weighted by atomic mass is 9.76. The van der Waals surface area contributed by atoms with E-state index in [4.69, 9.17) is 16.3 Å². The molecule has 1 aromatic heterocycles. The van der Waals surface area contributed by atoms with E-state index in [1.165, 1.54) is 44.9 Å². The Hall–Kier alpha value is -1.78. The van der Waals surface area contributed by atoms with Crippen LogP contribution >= 0.6 is 11.6 Å². The number of anilines is 1. The number of allylic oxidation sites excluding steroid dienone is 4. The minimum Gasteiger partial charge on any atom is -0.385 e. The van der Waals surface area contributed by atoms with Gasteiger partial charge in [0.1, 0.15) is 5.82 Å². The van der Waals surface area contributed by atoms with Crippen molar-refractivity contribution in [3.8, 4) is 0 Å². The number of nitrogens with one attached hydrogen (secondary N) is 2. The zero-order chi connectivity index (χ0) is 24.8. The number of aromatic nitrogens is 1. The van der Waals surface area contributed by atoms with Gasteiger partial charge in [-0.05, 0) is 62.2 Å². The molecule has 1 aliphatic heterocycles. The lowest BCUT2D eigenvalue weighted by Gasteiger charge is -2.37. The van der Waals surface area contributed by atoms with E-state index in [9.17, 15) is 0 Å². The number of halogens is 1. The molecule has 0 bridgehead atoms. The highest BCUT2D eigenvalue weighted by Crippen LogP contribution is 2.35. The second-order valence-corrected chi connectivity index (χ2v) is 9.89. The van der Waals surface area contributed by atoms with Crippen molar-refractivity contribution in [2.75, 3.05) is 25.1 Å². The maximum absolute atomic E-state index is 6.46. The van der Waals surface area contributed by atoms with Crippen LogP contribution < -0.4 is 10.6 Å². The Bertz CT molecular complexity index is 800. The molecule has 5 heteroatoms. The molecule has 3 rings (SSSR count). The van der Waals surface area contributed by atoms with Gasteiger partial charge >= 0.3 is 0 Å². The van der Waals surface area contributed by atoms with Crippen LogP contribution in [0, 0.1) is 5.41 Å². The first-order chi connectivity index (χ1) is 16.5. The molecule has 1 aliphatic carbocycles. The predicted molar refractivity (Wildman–Crippen MR) is 148 cm³/mol. The van der Waals surface area contributed by atoms with Crippen molar-refractivity contribution in [1.29, 1.82) is 0 Å². The zero-order valence-electron chi connectivity index (χ0n) is 21.9. The quantitative estimate of drug-likeness (QED) is 0.326. The predicted octanol–water partition coefficient (Wildman–Crippen LogP) is 8.17. The molecular formula is C29H46ClN3O. The SMILES string of the molecule is C=C(/C=C\C=C(/C)c1cc(NC2CCCCC2)ncc1Cl)NCC1(CCC)CCOCC1.CC. The van der Waals surface area contributed by atoms with Gasteiger partial charge in [-0.15, -0.1) is 0 Å². The molecule has 2 N–H and O–H groups in total. The highest BCUT2D eigenvalue weighted by atomic mass is 35.5. The maximum atomic E-state index is 6.46. The minimum absolute atomic E-state index is 0.335. The monoisotopic (exact) mass is 487 g/mol. The highest BCUT2D eigenvalue weighted by Gasteiger charge is 2.31. The second-order valence-electron chi connectivity index (χ2n) is 9.48. The lowest BCUT2D eigenvalue weighted by Crippen LogP contribution is -2.38. The van der Waals surface area contributed by atoms with Gasteiger partial charge in [0.05, 0.1) is 5.02 Å². The first-order valence-corrected chi connectivity index (χ1v) is 13.7. The van der Waals surface area contributed by atoms with E-state index >= 15 is 0 Å². The molecule has 2 heterocycles. The van der Waals surface area contributed by atoms with E-state index in [0.29, 0.717) is 16.5 Å². The molecular weight excluding hydrogens is 442 g/mol. The van der Waals surface area contributed by atoms with Crippen molar-refractivity contribution < 1.29 is 4.74 Å². The van der Waals surface area contributed by atoms with Gasteiger partial charge in [0.2, 0.25) is 0 Å². The smallest absolute Gasteiger partial charge is 0.126 e. The first-order valence-electron chi connectivity index (χ1n) is 13.3. The fourth-order valence-corrected chi connectivity index (χ4v) is 5.14. The molecule has 2 aliphatic rings. The van der Waals surface area contributed by atoms with Gasteiger partial charge in [-0.2, -0.15) is 0 Å². The van der Waals surface area contributed by atoms with E-state index < -0.39 is 0 Å². The molecule has 4 nitrogen and oxygen atoms in total. The summed E-state index contributed by atoms with van der Waals surface area (Å²) in [5, 5.41) is 7.82. The molecule has 1 aromatic rings. The van der Waals surface area contributed by atoms with E-state index in [0.717, 1.165) is 55.3 Å². The molecule has 0 spiro atoms. The van der Waals surface area contributed by atoms with Crippen LogP contribution in [-0.4, -0.2) is 30.8 Å². The van der Waals surface area contributed by atoms with Crippen molar-refractivity contribution in [3.05, 3.63) is 53.4 Å². The van der Waals surface area contributed by atoms with Crippen molar-refractivity contribution in [1.82, 2.24) is 10.3 Å². The summed E-state index contributed by atoms with van der Waals surface area (Å²) < 4.78 is 5.58. The molecule has 0 unspecified atom stereocenters. The molecule has 1 saturated carbocycles. The number of hydrogen-bond donors (Lipinski definition) is 2. The van der Waals surface area contributed by atoms with Crippen LogP contribution in [0.15, 0.2) is 42.8 Å². The van der Waals surface area contributed by atoms with Crippen LogP contribution in [0.5, 0.6) is 0 Å². The van der Waals surface area contributed by atoms with Crippen LogP contribution in [0.1, 0.15) is 91.0 Å². The summed E-state index contributed by atoms with van der Waals surface area (Å²) in [6.07, 6.45) is 19.0. The largest absolute Gasteiger partial charge is 0.385 e. The van der Waals surface area contributed by atoms with Crippen LogP contribution in [0.2, 0.25) is 5.02 Å². The van der Waals surface area contributed by atoms with Gasteiger partial charge in [-0.1, -0.05) is 76.8 Å². The zero-order valence-corrected chi connectivity index (χ0v) is 22.6. The summed E-state index contributed by atoms with van der Waals surface area (Å²) in [5.74, 6) is 0.914. The summed E-state index contributed by atoms with van der Waals surface area (Å²) >= 11 is 6.46. The van der Waals surface area contributed by atoms with Gasteiger partial charge in [-0.25, -0.2) is 4.98 Å². The van der Waals surface area contributed by atoms with Crippen LogP contribution in [0.4, 0.5) is 5.82 Å². The number of ether oxygens (including phenoxy) is 1. The number of nitrogens with zero attached hydrogens (tertiary/aromatic N) is 1. The van der Waals surface area contributed by atoms with E-state index in [-0.39, 0.29) is 0 Å². The fourth-order valence-electron chi connectivity index (χ4n) is 4.88. The summed E-state index contributed by atoms with van der Waals surface area (Å²) in [6.45, 7) is 15.2. The van der Waals surface area contributed by atoms with Gasteiger partial charge in [0.15, 0.2) is 0 Å². The Balaban J connectivity index is 0.00000199. The summed E-state index contributed by atoms with van der Waals surface area (Å²) in [5.41, 5.74) is 3.41. The van der Waals surface area contributed by atoms with E-state index in [1.54, 1.807) is 6.20 Å². The van der Waals surface area contributed by atoms with Crippen molar-refractivity contribution >= 4 is 23.0 Å². The fraction of sp³-hybridized carbons (Fsp3) is 0.621. The number of pyridine rings is 1. The molecule has 1 saturated heterocycles. The summed E-state index contributed by atoms with van der Waals surface area (Å²) in [6, 6.07) is 2.60. The third kappa shape index (κ3) is 9.11. The van der Waals surface area contributed by atoms with Gasteiger partial charge in [0, 0.05) is 43.3 Å². The Labute approximate surface area is 213 Å².